The van der Waals surface area contributed by atoms with Crippen molar-refractivity contribution in [1.29, 1.82) is 0 Å². The molecule has 0 amide bonds. The van der Waals surface area contributed by atoms with Crippen LogP contribution >= 0.6 is 15.9 Å². The number of hydrogen-bond donors (Lipinski definition) is 0. The summed E-state index contributed by atoms with van der Waals surface area (Å²) < 4.78 is 38.8. The number of halogens is 4. The molecule has 0 fully saturated rings. The number of rotatable bonds is 1. The first-order valence-electron chi connectivity index (χ1n) is 7.15. The normalized spacial score (nSPS) is 11.0. The second-order valence-electron chi connectivity index (χ2n) is 4.90. The average molecular weight is 373 g/mol. The summed E-state index contributed by atoms with van der Waals surface area (Å²) in [6.45, 7) is 9.94. The van der Waals surface area contributed by atoms with Gasteiger partial charge in [-0.05, 0) is 60.7 Å². The standard InChI is InChI=1S/C16H14BrF3.C2H6/c1-9-8-10(2)15(17)11(3)14(9)12-4-6-13(7-5-12)16(18,19)20;1-2/h4-8H,1-3H3;1-2H3. The van der Waals surface area contributed by atoms with E-state index in [0.717, 1.165) is 44.4 Å². The van der Waals surface area contributed by atoms with E-state index in [-0.39, 0.29) is 0 Å². The van der Waals surface area contributed by atoms with E-state index in [1.807, 2.05) is 40.7 Å². The first kappa shape index (κ1) is 18.8. The van der Waals surface area contributed by atoms with E-state index in [9.17, 15) is 13.2 Å². The van der Waals surface area contributed by atoms with Gasteiger partial charge in [0.2, 0.25) is 0 Å². The average Bonchev–Trinajstić information content (AvgIpc) is 2.47. The van der Waals surface area contributed by atoms with Gasteiger partial charge in [0, 0.05) is 4.47 Å². The van der Waals surface area contributed by atoms with Crippen molar-refractivity contribution in [1.82, 2.24) is 0 Å². The second kappa shape index (κ2) is 7.32. The molecule has 2 aromatic carbocycles. The van der Waals surface area contributed by atoms with Crippen molar-refractivity contribution in [3.05, 3.63) is 57.1 Å². The van der Waals surface area contributed by atoms with Crippen LogP contribution < -0.4 is 0 Å². The van der Waals surface area contributed by atoms with Gasteiger partial charge >= 0.3 is 6.18 Å². The lowest BCUT2D eigenvalue weighted by molar-refractivity contribution is -0.137. The van der Waals surface area contributed by atoms with Gasteiger partial charge in [-0.3, -0.25) is 0 Å². The highest BCUT2D eigenvalue weighted by molar-refractivity contribution is 9.10. The SMILES string of the molecule is CC.Cc1cc(C)c(-c2ccc(C(F)(F)F)cc2)c(C)c1Br. The van der Waals surface area contributed by atoms with Gasteiger partial charge < -0.3 is 0 Å². The Labute approximate surface area is 138 Å². The maximum absolute atomic E-state index is 12.6. The number of benzene rings is 2. The molecule has 2 aromatic rings. The summed E-state index contributed by atoms with van der Waals surface area (Å²) in [6.07, 6.45) is -4.30. The molecule has 0 aliphatic carbocycles. The van der Waals surface area contributed by atoms with Crippen LogP contribution in [0, 0.1) is 20.8 Å². The summed E-state index contributed by atoms with van der Waals surface area (Å²) in [5.41, 5.74) is 4.38. The van der Waals surface area contributed by atoms with Gasteiger partial charge in [0.1, 0.15) is 0 Å². The van der Waals surface area contributed by atoms with Crippen LogP contribution in [-0.2, 0) is 6.18 Å². The predicted molar refractivity (Wildman–Crippen MR) is 90.1 cm³/mol. The first-order valence-corrected chi connectivity index (χ1v) is 7.95. The van der Waals surface area contributed by atoms with Crippen LogP contribution in [0.2, 0.25) is 0 Å². The number of alkyl halides is 3. The summed E-state index contributed by atoms with van der Waals surface area (Å²) in [5, 5.41) is 0. The molecule has 0 spiro atoms. The zero-order valence-electron chi connectivity index (χ0n) is 13.4. The highest BCUT2D eigenvalue weighted by Crippen LogP contribution is 2.36. The maximum atomic E-state index is 12.6. The van der Waals surface area contributed by atoms with Crippen LogP contribution in [0.4, 0.5) is 13.2 Å². The van der Waals surface area contributed by atoms with Crippen LogP contribution in [0.3, 0.4) is 0 Å². The fourth-order valence-electron chi connectivity index (χ4n) is 2.43. The molecule has 0 atom stereocenters. The Morgan fingerprint density at radius 2 is 1.36 bits per heavy atom. The van der Waals surface area contributed by atoms with Gasteiger partial charge in [-0.2, -0.15) is 13.2 Å². The predicted octanol–water partition coefficient (Wildman–Crippen LogP) is 7.09. The van der Waals surface area contributed by atoms with Crippen molar-refractivity contribution in [2.75, 3.05) is 0 Å². The van der Waals surface area contributed by atoms with E-state index in [1.54, 1.807) is 0 Å². The minimum absolute atomic E-state index is 0.622. The third-order valence-corrected chi connectivity index (χ3v) is 4.60. The highest BCUT2D eigenvalue weighted by atomic mass is 79.9. The quantitative estimate of drug-likeness (QED) is 0.501. The van der Waals surface area contributed by atoms with Crippen molar-refractivity contribution in [2.24, 2.45) is 0 Å². The van der Waals surface area contributed by atoms with Gasteiger partial charge in [-0.15, -0.1) is 0 Å². The second-order valence-corrected chi connectivity index (χ2v) is 5.69. The molecular formula is C18H20BrF3. The lowest BCUT2D eigenvalue weighted by Crippen LogP contribution is -2.04. The van der Waals surface area contributed by atoms with E-state index >= 15 is 0 Å². The molecule has 4 heteroatoms. The molecule has 0 radical (unpaired) electrons. The fraction of sp³-hybridized carbons (Fsp3) is 0.333. The molecule has 0 saturated heterocycles. The molecule has 0 saturated carbocycles. The summed E-state index contributed by atoms with van der Waals surface area (Å²) in [6, 6.07) is 7.34. The lowest BCUT2D eigenvalue weighted by Gasteiger charge is -2.15. The van der Waals surface area contributed by atoms with Crippen molar-refractivity contribution in [2.45, 2.75) is 40.8 Å². The molecule has 0 aliphatic heterocycles. The Balaban J connectivity index is 0.00000116. The van der Waals surface area contributed by atoms with Gasteiger partial charge in [0.05, 0.1) is 5.56 Å². The molecule has 0 nitrogen and oxygen atoms in total. The van der Waals surface area contributed by atoms with Crippen LogP contribution in [-0.4, -0.2) is 0 Å². The molecule has 2 rings (SSSR count). The maximum Gasteiger partial charge on any atom is 0.416 e. The molecule has 22 heavy (non-hydrogen) atoms. The minimum Gasteiger partial charge on any atom is -0.166 e. The zero-order chi connectivity index (χ0) is 17.1. The van der Waals surface area contributed by atoms with Crippen LogP contribution in [0.15, 0.2) is 34.8 Å². The van der Waals surface area contributed by atoms with Gasteiger partial charge in [-0.25, -0.2) is 0 Å². The van der Waals surface area contributed by atoms with E-state index < -0.39 is 11.7 Å². The third kappa shape index (κ3) is 3.92. The minimum atomic E-state index is -4.30. The van der Waals surface area contributed by atoms with Crippen molar-refractivity contribution in [3.63, 3.8) is 0 Å². The van der Waals surface area contributed by atoms with Crippen molar-refractivity contribution in [3.8, 4) is 11.1 Å². The molecule has 0 heterocycles. The molecular weight excluding hydrogens is 353 g/mol. The monoisotopic (exact) mass is 372 g/mol. The molecule has 0 N–H and O–H groups in total. The Morgan fingerprint density at radius 1 is 0.864 bits per heavy atom. The number of aryl methyl sites for hydroxylation is 2. The summed E-state index contributed by atoms with van der Waals surface area (Å²) in [7, 11) is 0. The van der Waals surface area contributed by atoms with E-state index in [1.165, 1.54) is 12.1 Å². The van der Waals surface area contributed by atoms with E-state index in [2.05, 4.69) is 15.9 Å². The van der Waals surface area contributed by atoms with E-state index in [4.69, 9.17) is 0 Å². The Morgan fingerprint density at radius 3 is 1.82 bits per heavy atom. The Bertz CT molecular complexity index is 641. The van der Waals surface area contributed by atoms with Gasteiger partial charge in [0.25, 0.3) is 0 Å². The largest absolute Gasteiger partial charge is 0.416 e. The third-order valence-electron chi connectivity index (χ3n) is 3.38. The molecule has 0 bridgehead atoms. The summed E-state index contributed by atoms with van der Waals surface area (Å²) >= 11 is 3.53. The van der Waals surface area contributed by atoms with E-state index in [0.29, 0.717) is 0 Å². The lowest BCUT2D eigenvalue weighted by atomic mass is 9.93. The van der Waals surface area contributed by atoms with Crippen molar-refractivity contribution >= 4 is 15.9 Å². The van der Waals surface area contributed by atoms with Crippen LogP contribution in [0.25, 0.3) is 11.1 Å². The molecule has 0 unspecified atom stereocenters. The van der Waals surface area contributed by atoms with Crippen LogP contribution in [0.1, 0.15) is 36.1 Å². The van der Waals surface area contributed by atoms with Gasteiger partial charge in [0.15, 0.2) is 0 Å². The zero-order valence-corrected chi connectivity index (χ0v) is 15.0. The molecule has 0 aliphatic rings. The number of hydrogen-bond acceptors (Lipinski definition) is 0. The summed E-state index contributed by atoms with van der Waals surface area (Å²) in [4.78, 5) is 0. The summed E-state index contributed by atoms with van der Waals surface area (Å²) in [5.74, 6) is 0. The topological polar surface area (TPSA) is 0 Å². The van der Waals surface area contributed by atoms with Gasteiger partial charge in [-0.1, -0.05) is 48.0 Å². The first-order chi connectivity index (χ1) is 10.2. The smallest absolute Gasteiger partial charge is 0.166 e. The Hall–Kier alpha value is -1.29. The Kier molecular flexibility index (Phi) is 6.24. The molecule has 120 valence electrons. The van der Waals surface area contributed by atoms with Crippen molar-refractivity contribution < 1.29 is 13.2 Å². The fourth-order valence-corrected chi connectivity index (χ4v) is 2.74. The van der Waals surface area contributed by atoms with Crippen LogP contribution in [0.5, 0.6) is 0 Å². The molecule has 0 aromatic heterocycles. The highest BCUT2D eigenvalue weighted by Gasteiger charge is 2.30.